The Kier molecular flexibility index (Phi) is 4.30. The molecule has 0 aliphatic rings. The molecule has 0 spiro atoms. The third kappa shape index (κ3) is 2.60. The molecule has 1 unspecified atom stereocenters. The van der Waals surface area contributed by atoms with Gasteiger partial charge in [0.25, 0.3) is 0 Å². The predicted octanol–water partition coefficient (Wildman–Crippen LogP) is 0.489. The monoisotopic (exact) mass is 160 g/mol. The number of rotatable bonds is 5. The summed E-state index contributed by atoms with van der Waals surface area (Å²) < 4.78 is 0. The summed E-state index contributed by atoms with van der Waals surface area (Å²) in [5.41, 5.74) is -1.49. The Morgan fingerprint density at radius 3 is 2.27 bits per heavy atom. The van der Waals surface area contributed by atoms with E-state index in [4.69, 9.17) is 5.11 Å². The van der Waals surface area contributed by atoms with Crippen LogP contribution in [0.1, 0.15) is 33.1 Å². The molecule has 0 rings (SSSR count). The van der Waals surface area contributed by atoms with Crippen LogP contribution in [0.3, 0.4) is 0 Å². The van der Waals surface area contributed by atoms with E-state index in [0.29, 0.717) is 12.8 Å². The molecule has 0 bridgehead atoms. The van der Waals surface area contributed by atoms with Crippen LogP contribution in [0.25, 0.3) is 0 Å². The summed E-state index contributed by atoms with van der Waals surface area (Å²) in [5.74, 6) is -0.259. The molecule has 0 saturated carbocycles. The van der Waals surface area contributed by atoms with Crippen molar-refractivity contribution in [3.63, 3.8) is 0 Å². The maximum atomic E-state index is 11.1. The largest absolute Gasteiger partial charge is 0.393 e. The van der Waals surface area contributed by atoms with Crippen LogP contribution in [0.2, 0.25) is 0 Å². The zero-order valence-corrected chi connectivity index (χ0v) is 7.13. The fourth-order valence-corrected chi connectivity index (χ4v) is 0.857. The summed E-state index contributed by atoms with van der Waals surface area (Å²) in [6.07, 6.45) is 1.33. The molecule has 0 aromatic carbocycles. The number of Topliss-reactive ketones (excluding diaryl/α,β-unsaturated/α-hetero) is 1. The zero-order valence-electron chi connectivity index (χ0n) is 7.13. The molecule has 11 heavy (non-hydrogen) atoms. The molecule has 0 radical (unpaired) electrons. The zero-order chi connectivity index (χ0) is 8.91. The first-order valence-corrected chi connectivity index (χ1v) is 3.97. The molecule has 0 aromatic rings. The molecule has 0 saturated heterocycles. The van der Waals surface area contributed by atoms with Crippen molar-refractivity contribution in [2.45, 2.75) is 38.7 Å². The number of ketones is 1. The van der Waals surface area contributed by atoms with Crippen molar-refractivity contribution < 1.29 is 15.0 Å². The van der Waals surface area contributed by atoms with Gasteiger partial charge in [0.2, 0.25) is 0 Å². The second-order valence-corrected chi connectivity index (χ2v) is 2.72. The normalized spacial score (nSPS) is 16.0. The van der Waals surface area contributed by atoms with E-state index in [9.17, 15) is 9.90 Å². The fraction of sp³-hybridized carbons (Fsp3) is 0.875. The first-order chi connectivity index (χ1) is 5.10. The molecule has 0 amide bonds. The van der Waals surface area contributed by atoms with Gasteiger partial charge >= 0.3 is 0 Å². The molecule has 0 aromatic heterocycles. The van der Waals surface area contributed by atoms with E-state index in [1.54, 1.807) is 6.92 Å². The van der Waals surface area contributed by atoms with Crippen LogP contribution in [0.5, 0.6) is 0 Å². The van der Waals surface area contributed by atoms with Gasteiger partial charge in [-0.15, -0.1) is 0 Å². The van der Waals surface area contributed by atoms with Crippen LogP contribution in [0, 0.1) is 0 Å². The highest BCUT2D eigenvalue weighted by molar-refractivity contribution is 5.87. The molecule has 3 nitrogen and oxygen atoms in total. The van der Waals surface area contributed by atoms with Crippen LogP contribution in [-0.4, -0.2) is 28.2 Å². The Bertz CT molecular complexity index is 127. The SMILES string of the molecule is CCCC(=O)C(O)(CC)CO. The summed E-state index contributed by atoms with van der Waals surface area (Å²) >= 11 is 0. The highest BCUT2D eigenvalue weighted by Gasteiger charge is 2.31. The Morgan fingerprint density at radius 2 is 2.00 bits per heavy atom. The van der Waals surface area contributed by atoms with Crippen molar-refractivity contribution in [3.8, 4) is 0 Å². The average Bonchev–Trinajstić information content (AvgIpc) is 2.03. The van der Waals surface area contributed by atoms with Crippen molar-refractivity contribution in [3.05, 3.63) is 0 Å². The van der Waals surface area contributed by atoms with Crippen molar-refractivity contribution >= 4 is 5.78 Å². The van der Waals surface area contributed by atoms with E-state index in [-0.39, 0.29) is 12.2 Å². The molecule has 0 heterocycles. The Morgan fingerprint density at radius 1 is 1.45 bits per heavy atom. The van der Waals surface area contributed by atoms with Crippen LogP contribution in [0.4, 0.5) is 0 Å². The molecule has 1 atom stereocenters. The van der Waals surface area contributed by atoms with Gasteiger partial charge in [-0.05, 0) is 12.8 Å². The Balaban J connectivity index is 4.12. The van der Waals surface area contributed by atoms with Crippen molar-refractivity contribution in [1.82, 2.24) is 0 Å². The summed E-state index contributed by atoms with van der Waals surface area (Å²) in [7, 11) is 0. The lowest BCUT2D eigenvalue weighted by atomic mass is 9.93. The number of hydrogen-bond donors (Lipinski definition) is 2. The molecule has 2 N–H and O–H groups in total. The molecule has 3 heteroatoms. The van der Waals surface area contributed by atoms with Gasteiger partial charge in [-0.1, -0.05) is 13.8 Å². The second kappa shape index (κ2) is 4.46. The first kappa shape index (κ1) is 10.6. The van der Waals surface area contributed by atoms with Crippen LogP contribution < -0.4 is 0 Å². The Hall–Kier alpha value is -0.410. The summed E-state index contributed by atoms with van der Waals surface area (Å²) in [6, 6.07) is 0. The van der Waals surface area contributed by atoms with Gasteiger partial charge in [-0.3, -0.25) is 4.79 Å². The molecule has 0 aliphatic heterocycles. The van der Waals surface area contributed by atoms with Gasteiger partial charge in [0.1, 0.15) is 5.60 Å². The standard InChI is InChI=1S/C8H16O3/c1-3-5-7(10)8(11,4-2)6-9/h9,11H,3-6H2,1-2H3. The smallest absolute Gasteiger partial charge is 0.166 e. The van der Waals surface area contributed by atoms with Gasteiger partial charge in [0.15, 0.2) is 5.78 Å². The van der Waals surface area contributed by atoms with Gasteiger partial charge in [-0.2, -0.15) is 0 Å². The number of carbonyl (C=O) groups excluding carboxylic acids is 1. The fourth-order valence-electron chi connectivity index (χ4n) is 0.857. The number of hydrogen-bond acceptors (Lipinski definition) is 3. The van der Waals surface area contributed by atoms with Crippen molar-refractivity contribution in [2.24, 2.45) is 0 Å². The summed E-state index contributed by atoms with van der Waals surface area (Å²) in [4.78, 5) is 11.1. The Labute approximate surface area is 67.0 Å². The van der Waals surface area contributed by atoms with Gasteiger partial charge in [0, 0.05) is 6.42 Å². The quantitative estimate of drug-likeness (QED) is 0.615. The third-order valence-corrected chi connectivity index (χ3v) is 1.84. The van der Waals surface area contributed by atoms with E-state index in [1.807, 2.05) is 6.92 Å². The predicted molar refractivity (Wildman–Crippen MR) is 42.2 cm³/mol. The maximum absolute atomic E-state index is 11.1. The topological polar surface area (TPSA) is 57.5 Å². The first-order valence-electron chi connectivity index (χ1n) is 3.97. The molecule has 0 aliphatic carbocycles. The second-order valence-electron chi connectivity index (χ2n) is 2.72. The van der Waals surface area contributed by atoms with E-state index >= 15 is 0 Å². The van der Waals surface area contributed by atoms with Crippen molar-refractivity contribution in [1.29, 1.82) is 0 Å². The van der Waals surface area contributed by atoms with Crippen LogP contribution in [-0.2, 0) is 4.79 Å². The van der Waals surface area contributed by atoms with Gasteiger partial charge < -0.3 is 10.2 Å². The minimum atomic E-state index is -1.49. The highest BCUT2D eigenvalue weighted by Crippen LogP contribution is 2.13. The minimum Gasteiger partial charge on any atom is -0.393 e. The molecular formula is C8H16O3. The third-order valence-electron chi connectivity index (χ3n) is 1.84. The van der Waals surface area contributed by atoms with Crippen LogP contribution in [0.15, 0.2) is 0 Å². The van der Waals surface area contributed by atoms with Crippen molar-refractivity contribution in [2.75, 3.05) is 6.61 Å². The lowest BCUT2D eigenvalue weighted by Crippen LogP contribution is -2.41. The van der Waals surface area contributed by atoms with Gasteiger partial charge in [0.05, 0.1) is 6.61 Å². The maximum Gasteiger partial charge on any atom is 0.166 e. The number of aliphatic hydroxyl groups is 2. The molecule has 66 valence electrons. The summed E-state index contributed by atoms with van der Waals surface area (Å²) in [5, 5.41) is 18.1. The number of carbonyl (C=O) groups is 1. The number of aliphatic hydroxyl groups excluding tert-OH is 1. The minimum absolute atomic E-state index is 0.259. The van der Waals surface area contributed by atoms with E-state index < -0.39 is 12.2 Å². The average molecular weight is 160 g/mol. The van der Waals surface area contributed by atoms with Gasteiger partial charge in [-0.25, -0.2) is 0 Å². The van der Waals surface area contributed by atoms with E-state index in [0.717, 1.165) is 0 Å². The summed E-state index contributed by atoms with van der Waals surface area (Å²) in [6.45, 7) is 3.08. The lowest BCUT2D eigenvalue weighted by Gasteiger charge is -2.21. The molecule has 0 fully saturated rings. The van der Waals surface area contributed by atoms with E-state index in [2.05, 4.69) is 0 Å². The van der Waals surface area contributed by atoms with E-state index in [1.165, 1.54) is 0 Å². The highest BCUT2D eigenvalue weighted by atomic mass is 16.3. The lowest BCUT2D eigenvalue weighted by molar-refractivity contribution is -0.141. The van der Waals surface area contributed by atoms with Crippen LogP contribution >= 0.6 is 0 Å². The molecular weight excluding hydrogens is 144 g/mol.